The number of amides is 2. The maximum atomic E-state index is 12.7. The largest absolute Gasteiger partial charge is 0.351 e. The zero-order valence-corrected chi connectivity index (χ0v) is 14.3. The normalized spacial score (nSPS) is 28.8. The summed E-state index contributed by atoms with van der Waals surface area (Å²) in [5.41, 5.74) is 1.09. The lowest BCUT2D eigenvalue weighted by molar-refractivity contribution is -0.128. The number of rotatable bonds is 3. The van der Waals surface area contributed by atoms with Crippen LogP contribution >= 0.6 is 0 Å². The van der Waals surface area contributed by atoms with Gasteiger partial charge >= 0.3 is 0 Å². The van der Waals surface area contributed by atoms with E-state index in [1.54, 1.807) is 0 Å². The summed E-state index contributed by atoms with van der Waals surface area (Å²) in [5, 5.41) is 6.24. The van der Waals surface area contributed by atoms with Crippen LogP contribution in [0.3, 0.4) is 0 Å². The van der Waals surface area contributed by atoms with Crippen LogP contribution in [0.5, 0.6) is 0 Å². The summed E-state index contributed by atoms with van der Waals surface area (Å²) in [7, 11) is 0. The van der Waals surface area contributed by atoms with Gasteiger partial charge in [0.05, 0.1) is 12.1 Å². The minimum absolute atomic E-state index is 0.0250. The van der Waals surface area contributed by atoms with Gasteiger partial charge in [-0.05, 0) is 22.8 Å². The Morgan fingerprint density at radius 2 is 1.74 bits per heavy atom. The van der Waals surface area contributed by atoms with Crippen molar-refractivity contribution in [1.82, 2.24) is 10.6 Å². The van der Waals surface area contributed by atoms with Crippen molar-refractivity contribution in [2.75, 3.05) is 0 Å². The van der Waals surface area contributed by atoms with Crippen LogP contribution in [0.15, 0.2) is 30.3 Å². The molecule has 0 unspecified atom stereocenters. The quantitative estimate of drug-likeness (QED) is 0.901. The van der Waals surface area contributed by atoms with Crippen LogP contribution in [0, 0.1) is 16.7 Å². The average Bonchev–Trinajstić information content (AvgIpc) is 2.91. The van der Waals surface area contributed by atoms with Gasteiger partial charge in [-0.3, -0.25) is 9.59 Å². The molecule has 1 aliphatic carbocycles. The highest BCUT2D eigenvalue weighted by atomic mass is 16.2. The Labute approximate surface area is 138 Å². The highest BCUT2D eigenvalue weighted by Crippen LogP contribution is 2.68. The summed E-state index contributed by atoms with van der Waals surface area (Å²) in [6.07, 6.45) is 1.15. The van der Waals surface area contributed by atoms with Gasteiger partial charge in [-0.2, -0.15) is 0 Å². The Balaban J connectivity index is 1.75. The number of hydrogen-bond donors (Lipinski definition) is 2. The smallest absolute Gasteiger partial charge is 0.224 e. The first-order valence-corrected chi connectivity index (χ1v) is 8.40. The van der Waals surface area contributed by atoms with E-state index in [0.29, 0.717) is 12.8 Å². The molecule has 2 N–H and O–H groups in total. The van der Waals surface area contributed by atoms with Gasteiger partial charge in [0.25, 0.3) is 0 Å². The van der Waals surface area contributed by atoms with Crippen molar-refractivity contribution >= 4 is 11.8 Å². The van der Waals surface area contributed by atoms with Gasteiger partial charge in [0.1, 0.15) is 0 Å². The van der Waals surface area contributed by atoms with E-state index in [1.807, 2.05) is 30.3 Å². The van der Waals surface area contributed by atoms with E-state index < -0.39 is 0 Å². The summed E-state index contributed by atoms with van der Waals surface area (Å²) in [6, 6.07) is 9.68. The third-order valence-corrected chi connectivity index (χ3v) is 6.17. The molecule has 2 atom stereocenters. The lowest BCUT2D eigenvalue weighted by atomic mass is 9.91. The van der Waals surface area contributed by atoms with Crippen LogP contribution in [0.2, 0.25) is 0 Å². The summed E-state index contributed by atoms with van der Waals surface area (Å²) in [4.78, 5) is 24.5. The number of hydrogen-bond acceptors (Lipinski definition) is 2. The summed E-state index contributed by atoms with van der Waals surface area (Å²) in [5.74, 6) is 0.197. The van der Waals surface area contributed by atoms with Crippen LogP contribution in [0.1, 0.15) is 52.1 Å². The highest BCUT2D eigenvalue weighted by molar-refractivity contribution is 5.85. The number of nitrogens with one attached hydrogen (secondary N) is 2. The van der Waals surface area contributed by atoms with Crippen molar-refractivity contribution in [3.8, 4) is 0 Å². The predicted molar refractivity (Wildman–Crippen MR) is 89.5 cm³/mol. The van der Waals surface area contributed by atoms with Crippen molar-refractivity contribution in [1.29, 1.82) is 0 Å². The number of carbonyl (C=O) groups is 2. The molecule has 4 heteroatoms. The van der Waals surface area contributed by atoms with Crippen molar-refractivity contribution in [3.63, 3.8) is 0 Å². The van der Waals surface area contributed by atoms with Crippen LogP contribution in [0.25, 0.3) is 0 Å². The fraction of sp³-hybridized carbons (Fsp3) is 0.579. The van der Waals surface area contributed by atoms with Crippen LogP contribution in [-0.4, -0.2) is 17.9 Å². The molecule has 2 amide bonds. The van der Waals surface area contributed by atoms with Crippen molar-refractivity contribution < 1.29 is 9.59 Å². The van der Waals surface area contributed by atoms with Crippen molar-refractivity contribution in [2.24, 2.45) is 16.7 Å². The van der Waals surface area contributed by atoms with Gasteiger partial charge in [-0.15, -0.1) is 0 Å². The van der Waals surface area contributed by atoms with Crippen LogP contribution in [0.4, 0.5) is 0 Å². The highest BCUT2D eigenvalue weighted by Gasteiger charge is 2.68. The van der Waals surface area contributed by atoms with Crippen molar-refractivity contribution in [2.45, 2.75) is 52.6 Å². The molecule has 1 saturated heterocycles. The molecule has 3 rings (SSSR count). The minimum Gasteiger partial charge on any atom is -0.351 e. The molecule has 2 aliphatic rings. The molecule has 0 spiro atoms. The molecule has 124 valence electrons. The molecule has 2 fully saturated rings. The topological polar surface area (TPSA) is 58.2 Å². The van der Waals surface area contributed by atoms with Gasteiger partial charge < -0.3 is 10.6 Å². The Hall–Kier alpha value is -1.84. The minimum atomic E-state index is -0.147. The molecule has 1 aromatic carbocycles. The van der Waals surface area contributed by atoms with Crippen LogP contribution in [-0.2, 0) is 9.59 Å². The maximum Gasteiger partial charge on any atom is 0.224 e. The molecule has 0 bridgehead atoms. The van der Waals surface area contributed by atoms with E-state index >= 15 is 0 Å². The monoisotopic (exact) mass is 314 g/mol. The zero-order valence-electron chi connectivity index (χ0n) is 14.3. The summed E-state index contributed by atoms with van der Waals surface area (Å²) >= 11 is 0. The van der Waals surface area contributed by atoms with E-state index in [2.05, 4.69) is 38.3 Å². The fourth-order valence-corrected chi connectivity index (χ4v) is 4.05. The molecule has 0 aromatic heterocycles. The molecule has 4 nitrogen and oxygen atoms in total. The van der Waals surface area contributed by atoms with Gasteiger partial charge in [0.15, 0.2) is 0 Å². The SMILES string of the molecule is CC1(C)C(C(=O)N[C@H]2CCC(=O)N[C@@H]2c2ccccc2)C1(C)C. The third kappa shape index (κ3) is 2.64. The van der Waals surface area contributed by atoms with Crippen molar-refractivity contribution in [3.05, 3.63) is 35.9 Å². The standard InChI is InChI=1S/C19H26N2O2/c1-18(2)16(19(18,3)4)17(23)20-13-10-11-14(22)21-15(13)12-8-6-5-7-9-12/h5-9,13,15-16H,10-11H2,1-4H3,(H,20,23)(H,21,22)/t13-,15+/m0/s1. The second-order valence-corrected chi connectivity index (χ2v) is 7.99. The molecule has 23 heavy (non-hydrogen) atoms. The van der Waals surface area contributed by atoms with Gasteiger partial charge in [-0.1, -0.05) is 58.0 Å². The molecular weight excluding hydrogens is 288 g/mol. The first-order chi connectivity index (χ1) is 10.7. The van der Waals surface area contributed by atoms with Gasteiger partial charge in [0.2, 0.25) is 11.8 Å². The maximum absolute atomic E-state index is 12.7. The number of piperidine rings is 1. The average molecular weight is 314 g/mol. The first-order valence-electron chi connectivity index (χ1n) is 8.40. The summed E-state index contributed by atoms with van der Waals surface area (Å²) < 4.78 is 0. The lowest BCUT2D eigenvalue weighted by Gasteiger charge is -2.33. The van der Waals surface area contributed by atoms with E-state index in [1.165, 1.54) is 0 Å². The number of benzene rings is 1. The second-order valence-electron chi connectivity index (χ2n) is 7.99. The molecule has 1 aliphatic heterocycles. The molecule has 0 radical (unpaired) electrons. The van der Waals surface area contributed by atoms with E-state index in [0.717, 1.165) is 5.56 Å². The summed E-state index contributed by atoms with van der Waals surface area (Å²) in [6.45, 7) is 8.59. The Bertz CT molecular complexity index is 608. The molecule has 1 saturated carbocycles. The van der Waals surface area contributed by atoms with Gasteiger partial charge in [0, 0.05) is 12.3 Å². The van der Waals surface area contributed by atoms with Crippen LogP contribution < -0.4 is 10.6 Å². The Kier molecular flexibility index (Phi) is 3.74. The molecule has 1 aromatic rings. The van der Waals surface area contributed by atoms with Gasteiger partial charge in [-0.25, -0.2) is 0 Å². The Morgan fingerprint density at radius 3 is 2.30 bits per heavy atom. The van der Waals surface area contributed by atoms with E-state index in [-0.39, 0.29) is 40.6 Å². The number of carbonyl (C=O) groups excluding carboxylic acids is 2. The lowest BCUT2D eigenvalue weighted by Crippen LogP contribution is -2.50. The second kappa shape index (κ2) is 5.36. The molecular formula is C19H26N2O2. The fourth-order valence-electron chi connectivity index (χ4n) is 4.05. The predicted octanol–water partition coefficient (Wildman–Crippen LogP) is 2.80. The Morgan fingerprint density at radius 1 is 1.13 bits per heavy atom. The van der Waals surface area contributed by atoms with E-state index in [4.69, 9.17) is 0 Å². The molecule has 1 heterocycles. The third-order valence-electron chi connectivity index (χ3n) is 6.17. The van der Waals surface area contributed by atoms with E-state index in [9.17, 15) is 9.59 Å². The zero-order chi connectivity index (χ0) is 16.8. The first kappa shape index (κ1) is 16.0.